The van der Waals surface area contributed by atoms with Crippen LogP contribution in [0.15, 0.2) is 36.4 Å². The van der Waals surface area contributed by atoms with Crippen LogP contribution in [0.4, 0.5) is 5.00 Å². The molecule has 6 nitrogen and oxygen atoms in total. The lowest BCUT2D eigenvalue weighted by Gasteiger charge is -2.23. The Morgan fingerprint density at radius 2 is 1.77 bits per heavy atom. The van der Waals surface area contributed by atoms with E-state index in [9.17, 15) is 19.5 Å². The Morgan fingerprint density at radius 3 is 2.33 bits per heavy atom. The number of aryl methyl sites for hydroxylation is 2. The van der Waals surface area contributed by atoms with Gasteiger partial charge in [0.2, 0.25) is 5.91 Å². The van der Waals surface area contributed by atoms with E-state index in [0.29, 0.717) is 17.0 Å². The van der Waals surface area contributed by atoms with Crippen molar-refractivity contribution >= 4 is 34.1 Å². The van der Waals surface area contributed by atoms with Gasteiger partial charge >= 0.3 is 5.97 Å². The Balaban J connectivity index is 1.68. The second-order valence-electron chi connectivity index (χ2n) is 7.98. The quantitative estimate of drug-likeness (QED) is 0.612. The maximum Gasteiger partial charge on any atom is 0.307 e. The fraction of sp³-hybridized carbons (Fsp3) is 0.348. The molecule has 1 fully saturated rings. The summed E-state index contributed by atoms with van der Waals surface area (Å²) >= 11 is 1.29. The standard InChI is InChI=1S/C23H24N2O4S/c1-3-12-4-6-13(7-5-12)16-11(2)30-22(19(16)20(24)26)25-21(27)17-14-8-9-15(10-14)18(17)23(28)29/h4-9,14-15,17-18H,3,10H2,1-2H3,(H2,24,26)(H,25,27)(H,28,29)/t14-,15-,17+,18+/m0/s1. The summed E-state index contributed by atoms with van der Waals surface area (Å²) in [6.07, 6.45) is 5.42. The molecule has 4 rings (SSSR count). The van der Waals surface area contributed by atoms with Crippen LogP contribution in [0.1, 0.15) is 34.1 Å². The number of carbonyl (C=O) groups excluding carboxylic acids is 2. The fourth-order valence-corrected chi connectivity index (χ4v) is 5.92. The third kappa shape index (κ3) is 3.33. The molecule has 2 aliphatic rings. The molecule has 7 heteroatoms. The number of primary amides is 1. The summed E-state index contributed by atoms with van der Waals surface area (Å²) in [6.45, 7) is 3.96. The van der Waals surface area contributed by atoms with Gasteiger partial charge in [0.1, 0.15) is 5.00 Å². The second-order valence-corrected chi connectivity index (χ2v) is 9.20. The number of benzene rings is 1. The zero-order chi connectivity index (χ0) is 21.6. The maximum atomic E-state index is 13.1. The van der Waals surface area contributed by atoms with Crippen molar-refractivity contribution in [2.45, 2.75) is 26.7 Å². The van der Waals surface area contributed by atoms with E-state index in [0.717, 1.165) is 16.9 Å². The number of allylic oxidation sites excluding steroid dienone is 2. The fourth-order valence-electron chi connectivity index (χ4n) is 4.83. The minimum Gasteiger partial charge on any atom is -0.481 e. The highest BCUT2D eigenvalue weighted by Gasteiger charge is 2.51. The van der Waals surface area contributed by atoms with Crippen LogP contribution in [-0.2, 0) is 16.0 Å². The summed E-state index contributed by atoms with van der Waals surface area (Å²) < 4.78 is 0. The number of aliphatic carboxylic acids is 1. The van der Waals surface area contributed by atoms with Crippen molar-refractivity contribution in [1.82, 2.24) is 0 Å². The average molecular weight is 425 g/mol. The van der Waals surface area contributed by atoms with Gasteiger partial charge in [0.05, 0.1) is 17.4 Å². The zero-order valence-electron chi connectivity index (χ0n) is 16.8. The van der Waals surface area contributed by atoms with Gasteiger partial charge in [-0.2, -0.15) is 0 Å². The van der Waals surface area contributed by atoms with Crippen molar-refractivity contribution in [2.24, 2.45) is 29.4 Å². The van der Waals surface area contributed by atoms with Crippen LogP contribution in [0.2, 0.25) is 0 Å². The molecule has 2 aromatic rings. The van der Waals surface area contributed by atoms with Gasteiger partial charge in [-0.1, -0.05) is 43.3 Å². The number of anilines is 1. The Labute approximate surface area is 178 Å². The minimum atomic E-state index is -0.957. The van der Waals surface area contributed by atoms with E-state index in [1.165, 1.54) is 16.9 Å². The van der Waals surface area contributed by atoms with E-state index in [4.69, 9.17) is 5.73 Å². The van der Waals surface area contributed by atoms with Crippen LogP contribution in [0.3, 0.4) is 0 Å². The average Bonchev–Trinajstić information content (AvgIpc) is 3.40. The normalized spacial score (nSPS) is 24.2. The molecule has 0 spiro atoms. The number of thiophene rings is 1. The highest BCUT2D eigenvalue weighted by Crippen LogP contribution is 2.49. The molecular weight excluding hydrogens is 400 g/mol. The van der Waals surface area contributed by atoms with Gasteiger partial charge in [-0.25, -0.2) is 0 Å². The van der Waals surface area contributed by atoms with Crippen molar-refractivity contribution in [3.8, 4) is 11.1 Å². The Hall–Kier alpha value is -2.93. The van der Waals surface area contributed by atoms with E-state index in [1.807, 2.05) is 43.3 Å². The summed E-state index contributed by atoms with van der Waals surface area (Å²) in [5.74, 6) is -3.53. The lowest BCUT2D eigenvalue weighted by Crippen LogP contribution is -2.36. The Morgan fingerprint density at radius 1 is 1.13 bits per heavy atom. The van der Waals surface area contributed by atoms with Gasteiger partial charge in [0, 0.05) is 10.4 Å². The lowest BCUT2D eigenvalue weighted by atomic mass is 9.82. The zero-order valence-corrected chi connectivity index (χ0v) is 17.7. The first-order chi connectivity index (χ1) is 14.3. The summed E-state index contributed by atoms with van der Waals surface area (Å²) in [5, 5.41) is 12.8. The highest BCUT2D eigenvalue weighted by atomic mass is 32.1. The van der Waals surface area contributed by atoms with Gasteiger partial charge in [-0.3, -0.25) is 14.4 Å². The Kier molecular flexibility index (Phi) is 5.24. The van der Waals surface area contributed by atoms with Gasteiger partial charge in [-0.15, -0.1) is 11.3 Å². The summed E-state index contributed by atoms with van der Waals surface area (Å²) in [6, 6.07) is 7.92. The molecule has 0 saturated heterocycles. The number of carbonyl (C=O) groups is 3. The van der Waals surface area contributed by atoms with Crippen molar-refractivity contribution < 1.29 is 19.5 Å². The summed E-state index contributed by atoms with van der Waals surface area (Å²) in [4.78, 5) is 38.0. The summed E-state index contributed by atoms with van der Waals surface area (Å²) in [5.41, 5.74) is 8.74. The van der Waals surface area contributed by atoms with Gasteiger partial charge in [0.25, 0.3) is 5.91 Å². The van der Waals surface area contributed by atoms with Gasteiger partial charge in [0.15, 0.2) is 0 Å². The van der Waals surface area contributed by atoms with Crippen LogP contribution >= 0.6 is 11.3 Å². The number of amides is 2. The van der Waals surface area contributed by atoms with Crippen molar-refractivity contribution in [3.63, 3.8) is 0 Å². The van der Waals surface area contributed by atoms with E-state index in [-0.39, 0.29) is 23.3 Å². The molecule has 0 unspecified atom stereocenters. The lowest BCUT2D eigenvalue weighted by molar-refractivity contribution is -0.146. The number of carboxylic acids is 1. The van der Waals surface area contributed by atoms with Crippen LogP contribution in [0.25, 0.3) is 11.1 Å². The summed E-state index contributed by atoms with van der Waals surface area (Å²) in [7, 11) is 0. The highest BCUT2D eigenvalue weighted by molar-refractivity contribution is 7.17. The number of fused-ring (bicyclic) bond motifs is 2. The van der Waals surface area contributed by atoms with E-state index in [1.54, 1.807) is 0 Å². The number of nitrogens with one attached hydrogen (secondary N) is 1. The first-order valence-electron chi connectivity index (χ1n) is 10.1. The minimum absolute atomic E-state index is 0.0877. The number of carboxylic acid groups (broad SMARTS) is 1. The molecular formula is C23H24N2O4S. The van der Waals surface area contributed by atoms with E-state index < -0.39 is 23.7 Å². The van der Waals surface area contributed by atoms with E-state index in [2.05, 4.69) is 12.2 Å². The predicted octanol–water partition coefficient (Wildman–Crippen LogP) is 3.85. The first-order valence-corrected chi connectivity index (χ1v) is 10.9. The van der Waals surface area contributed by atoms with Gasteiger partial charge in [-0.05, 0) is 42.7 Å². The van der Waals surface area contributed by atoms with Crippen molar-refractivity contribution in [3.05, 3.63) is 52.4 Å². The van der Waals surface area contributed by atoms with Crippen molar-refractivity contribution in [1.29, 1.82) is 0 Å². The first kappa shape index (κ1) is 20.3. The molecule has 1 aromatic heterocycles. The SMILES string of the molecule is CCc1ccc(-c2c(C)sc(NC(=O)[C@H]3[C@H](C(=O)O)[C@H]4C=C[C@H]3C4)c2C(N)=O)cc1. The molecule has 0 aliphatic heterocycles. The van der Waals surface area contributed by atoms with Crippen LogP contribution in [0.5, 0.6) is 0 Å². The number of nitrogens with two attached hydrogens (primary N) is 1. The largest absolute Gasteiger partial charge is 0.481 e. The molecule has 4 N–H and O–H groups in total. The molecule has 1 aromatic carbocycles. The number of hydrogen-bond donors (Lipinski definition) is 3. The predicted molar refractivity (Wildman–Crippen MR) is 116 cm³/mol. The Bertz CT molecular complexity index is 1050. The molecule has 2 aliphatic carbocycles. The van der Waals surface area contributed by atoms with Crippen LogP contribution in [0, 0.1) is 30.6 Å². The molecule has 1 heterocycles. The smallest absolute Gasteiger partial charge is 0.307 e. The molecule has 2 bridgehead atoms. The topological polar surface area (TPSA) is 109 Å². The molecule has 2 amide bonds. The van der Waals surface area contributed by atoms with Crippen LogP contribution < -0.4 is 11.1 Å². The van der Waals surface area contributed by atoms with Crippen molar-refractivity contribution in [2.75, 3.05) is 5.32 Å². The monoisotopic (exact) mass is 424 g/mol. The molecule has 1 saturated carbocycles. The third-order valence-electron chi connectivity index (χ3n) is 6.27. The third-order valence-corrected chi connectivity index (χ3v) is 7.29. The molecule has 4 atom stereocenters. The second kappa shape index (κ2) is 7.72. The molecule has 0 radical (unpaired) electrons. The number of hydrogen-bond acceptors (Lipinski definition) is 4. The maximum absolute atomic E-state index is 13.1. The molecule has 30 heavy (non-hydrogen) atoms. The molecule has 156 valence electrons. The van der Waals surface area contributed by atoms with E-state index >= 15 is 0 Å². The number of rotatable bonds is 6. The van der Waals surface area contributed by atoms with Crippen LogP contribution in [-0.4, -0.2) is 22.9 Å². The van der Waals surface area contributed by atoms with Gasteiger partial charge < -0.3 is 16.2 Å².